The molecule has 1 aliphatic rings. The minimum Gasteiger partial charge on any atom is -0.376 e. The highest BCUT2D eigenvalue weighted by atomic mass is 16.5. The minimum absolute atomic E-state index is 0.121. The lowest BCUT2D eigenvalue weighted by Crippen LogP contribution is -2.36. The summed E-state index contributed by atoms with van der Waals surface area (Å²) in [6.07, 6.45) is 6.82. The molecule has 2 aromatic heterocycles. The van der Waals surface area contributed by atoms with Crippen LogP contribution in [0.1, 0.15) is 37.4 Å². The maximum absolute atomic E-state index is 12.1. The smallest absolute Gasteiger partial charge is 0.249 e. The number of carbonyl (C=O) groups is 1. The molecule has 0 spiro atoms. The molecule has 0 unspecified atom stereocenters. The second-order valence-electron chi connectivity index (χ2n) is 6.38. The van der Waals surface area contributed by atoms with Gasteiger partial charge >= 0.3 is 0 Å². The molecular formula is C18H25N3O3. The molecular weight excluding hydrogens is 306 g/mol. The van der Waals surface area contributed by atoms with Crippen LogP contribution in [0.15, 0.2) is 24.5 Å². The lowest BCUT2D eigenvalue weighted by Gasteiger charge is -2.23. The molecule has 0 aromatic carbocycles. The maximum atomic E-state index is 12.1. The van der Waals surface area contributed by atoms with Gasteiger partial charge in [0.15, 0.2) is 0 Å². The monoisotopic (exact) mass is 331 g/mol. The first kappa shape index (κ1) is 16.9. The number of rotatable bonds is 6. The van der Waals surface area contributed by atoms with E-state index in [9.17, 15) is 4.79 Å². The number of hydrogen-bond acceptors (Lipinski definition) is 4. The van der Waals surface area contributed by atoms with Gasteiger partial charge in [-0.2, -0.15) is 0 Å². The summed E-state index contributed by atoms with van der Waals surface area (Å²) in [6.45, 7) is 5.47. The van der Waals surface area contributed by atoms with Crippen molar-refractivity contribution in [3.63, 3.8) is 0 Å². The second kappa shape index (κ2) is 7.77. The number of aryl methyl sites for hydroxylation is 1. The van der Waals surface area contributed by atoms with Gasteiger partial charge in [-0.1, -0.05) is 0 Å². The summed E-state index contributed by atoms with van der Waals surface area (Å²) in [5, 5.41) is 2.88. The quantitative estimate of drug-likeness (QED) is 0.881. The van der Waals surface area contributed by atoms with Gasteiger partial charge in [-0.25, -0.2) is 4.98 Å². The van der Waals surface area contributed by atoms with Crippen LogP contribution in [0, 0.1) is 6.92 Å². The van der Waals surface area contributed by atoms with Crippen LogP contribution in [0.5, 0.6) is 0 Å². The Balaban J connectivity index is 1.46. The predicted octanol–water partition coefficient (Wildman–Crippen LogP) is 2.23. The van der Waals surface area contributed by atoms with Crippen molar-refractivity contribution in [1.82, 2.24) is 14.7 Å². The van der Waals surface area contributed by atoms with Crippen LogP contribution in [0.2, 0.25) is 0 Å². The fourth-order valence-electron chi connectivity index (χ4n) is 2.81. The second-order valence-corrected chi connectivity index (χ2v) is 6.38. The fourth-order valence-corrected chi connectivity index (χ4v) is 2.81. The van der Waals surface area contributed by atoms with Crippen molar-refractivity contribution >= 4 is 11.6 Å². The van der Waals surface area contributed by atoms with E-state index in [-0.39, 0.29) is 12.0 Å². The summed E-state index contributed by atoms with van der Waals surface area (Å²) in [7, 11) is 0. The van der Waals surface area contributed by atoms with E-state index >= 15 is 0 Å². The van der Waals surface area contributed by atoms with Crippen molar-refractivity contribution in [2.45, 2.75) is 51.9 Å². The third kappa shape index (κ3) is 4.33. The van der Waals surface area contributed by atoms with Crippen molar-refractivity contribution in [3.8, 4) is 0 Å². The topological polar surface area (TPSA) is 64.9 Å². The third-order valence-corrected chi connectivity index (χ3v) is 4.28. The minimum atomic E-state index is -0.491. The molecule has 3 rings (SSSR count). The van der Waals surface area contributed by atoms with Crippen LogP contribution in [-0.4, -0.2) is 40.7 Å². The number of pyridine rings is 1. The van der Waals surface area contributed by atoms with Crippen LogP contribution >= 0.6 is 0 Å². The molecule has 6 heteroatoms. The molecule has 1 saturated heterocycles. The molecule has 6 nitrogen and oxygen atoms in total. The molecule has 2 atom stereocenters. The van der Waals surface area contributed by atoms with E-state index in [1.807, 2.05) is 35.9 Å². The third-order valence-electron chi connectivity index (χ3n) is 4.28. The van der Waals surface area contributed by atoms with Gasteiger partial charge in [0.2, 0.25) is 5.91 Å². The number of hydrogen-bond donors (Lipinski definition) is 1. The molecule has 3 heterocycles. The molecule has 2 aromatic rings. The molecule has 130 valence electrons. The van der Waals surface area contributed by atoms with E-state index in [4.69, 9.17) is 9.47 Å². The number of aromatic nitrogens is 2. The zero-order valence-electron chi connectivity index (χ0n) is 14.3. The van der Waals surface area contributed by atoms with Gasteiger partial charge in [0.25, 0.3) is 0 Å². The first-order valence-electron chi connectivity index (χ1n) is 8.57. The number of imidazole rings is 1. The Labute approximate surface area is 142 Å². The highest BCUT2D eigenvalue weighted by molar-refractivity contribution is 5.80. The van der Waals surface area contributed by atoms with Crippen molar-refractivity contribution in [3.05, 3.63) is 35.8 Å². The van der Waals surface area contributed by atoms with E-state index in [1.165, 1.54) is 6.42 Å². The molecule has 1 amide bonds. The van der Waals surface area contributed by atoms with Gasteiger partial charge in [0, 0.05) is 19.0 Å². The SMILES string of the molecule is Cc1ccn2cc(CNC(=O)[C@@H](C)OC[C@H]3CCCCO3)nc2c1. The van der Waals surface area contributed by atoms with E-state index in [2.05, 4.69) is 10.3 Å². The van der Waals surface area contributed by atoms with Crippen LogP contribution in [0.4, 0.5) is 0 Å². The summed E-state index contributed by atoms with van der Waals surface area (Å²) < 4.78 is 13.2. The van der Waals surface area contributed by atoms with Gasteiger partial charge < -0.3 is 19.2 Å². The average molecular weight is 331 g/mol. The first-order chi connectivity index (χ1) is 11.6. The molecule has 1 fully saturated rings. The standard InChI is InChI=1S/C18H25N3O3/c1-13-6-7-21-11-15(20-17(21)9-13)10-19-18(22)14(2)24-12-16-5-3-4-8-23-16/h6-7,9,11,14,16H,3-5,8,10,12H2,1-2H3,(H,19,22)/t14-,16-/m1/s1. The molecule has 0 bridgehead atoms. The van der Waals surface area contributed by atoms with Crippen LogP contribution in [0.3, 0.4) is 0 Å². The van der Waals surface area contributed by atoms with Crippen molar-refractivity contribution in [2.24, 2.45) is 0 Å². The Kier molecular flexibility index (Phi) is 5.48. The number of nitrogens with one attached hydrogen (secondary N) is 1. The van der Waals surface area contributed by atoms with Crippen molar-refractivity contribution in [1.29, 1.82) is 0 Å². The van der Waals surface area contributed by atoms with Crippen LogP contribution in [-0.2, 0) is 20.8 Å². The number of nitrogens with zero attached hydrogens (tertiary/aromatic N) is 2. The normalized spacial score (nSPS) is 19.3. The lowest BCUT2D eigenvalue weighted by atomic mass is 10.1. The van der Waals surface area contributed by atoms with Crippen molar-refractivity contribution < 1.29 is 14.3 Å². The van der Waals surface area contributed by atoms with Gasteiger partial charge in [0.1, 0.15) is 11.8 Å². The summed E-state index contributed by atoms with van der Waals surface area (Å²) >= 11 is 0. The highest BCUT2D eigenvalue weighted by Crippen LogP contribution is 2.13. The van der Waals surface area contributed by atoms with E-state index in [1.54, 1.807) is 6.92 Å². The van der Waals surface area contributed by atoms with E-state index in [0.29, 0.717) is 13.2 Å². The zero-order chi connectivity index (χ0) is 16.9. The average Bonchev–Trinajstić information content (AvgIpc) is 3.00. The van der Waals surface area contributed by atoms with Gasteiger partial charge in [0.05, 0.1) is 24.9 Å². The Morgan fingerprint density at radius 2 is 2.42 bits per heavy atom. The molecule has 0 aliphatic carbocycles. The predicted molar refractivity (Wildman–Crippen MR) is 90.8 cm³/mol. The highest BCUT2D eigenvalue weighted by Gasteiger charge is 2.19. The summed E-state index contributed by atoms with van der Waals surface area (Å²) in [5.74, 6) is -0.126. The van der Waals surface area contributed by atoms with Gasteiger partial charge in [-0.05, 0) is 50.8 Å². The van der Waals surface area contributed by atoms with E-state index < -0.39 is 6.10 Å². The molecule has 24 heavy (non-hydrogen) atoms. The molecule has 0 saturated carbocycles. The largest absolute Gasteiger partial charge is 0.376 e. The number of fused-ring (bicyclic) bond motifs is 1. The van der Waals surface area contributed by atoms with Crippen LogP contribution in [0.25, 0.3) is 5.65 Å². The summed E-state index contributed by atoms with van der Waals surface area (Å²) in [4.78, 5) is 16.7. The van der Waals surface area contributed by atoms with Gasteiger partial charge in [-0.15, -0.1) is 0 Å². The Morgan fingerprint density at radius 1 is 1.54 bits per heavy atom. The zero-order valence-corrected chi connectivity index (χ0v) is 14.3. The number of ether oxygens (including phenoxy) is 2. The Bertz CT molecular complexity index is 692. The van der Waals surface area contributed by atoms with E-state index in [0.717, 1.165) is 36.4 Å². The first-order valence-corrected chi connectivity index (χ1v) is 8.57. The van der Waals surface area contributed by atoms with Crippen LogP contribution < -0.4 is 5.32 Å². The maximum Gasteiger partial charge on any atom is 0.249 e. The van der Waals surface area contributed by atoms with Crippen molar-refractivity contribution in [2.75, 3.05) is 13.2 Å². The van der Waals surface area contributed by atoms with Gasteiger partial charge in [-0.3, -0.25) is 4.79 Å². The summed E-state index contributed by atoms with van der Waals surface area (Å²) in [6, 6.07) is 4.04. The number of carbonyl (C=O) groups excluding carboxylic acids is 1. The molecule has 1 aliphatic heterocycles. The Hall–Kier alpha value is -1.92. The molecule has 0 radical (unpaired) electrons. The summed E-state index contributed by atoms with van der Waals surface area (Å²) in [5.41, 5.74) is 2.88. The molecule has 1 N–H and O–H groups in total. The fraction of sp³-hybridized carbons (Fsp3) is 0.556. The Morgan fingerprint density at radius 3 is 3.21 bits per heavy atom. The lowest BCUT2D eigenvalue weighted by molar-refractivity contribution is -0.135. The number of amides is 1.